The number of methoxy groups -OCH3 is 1. The molecule has 0 bridgehead atoms. The molecule has 0 aliphatic rings. The molecule has 3 aromatic rings. The van der Waals surface area contributed by atoms with Gasteiger partial charge in [0.2, 0.25) is 0 Å². The number of furan rings is 1. The van der Waals surface area contributed by atoms with Crippen LogP contribution >= 0.6 is 0 Å². The standard InChI is InChI=1S/C15H14N2O2/c1-18-12-5-4-11-6-7-16-15(14(11)9-12)17-10-13-3-2-8-19-13/h2-9H,10H2,1H3,(H,16,17). The molecule has 19 heavy (non-hydrogen) atoms. The number of nitrogens with zero attached hydrogens (tertiary/aromatic N) is 1. The fraction of sp³-hybridized carbons (Fsp3) is 0.133. The summed E-state index contributed by atoms with van der Waals surface area (Å²) in [5.41, 5.74) is 0. The molecule has 0 saturated carbocycles. The lowest BCUT2D eigenvalue weighted by Gasteiger charge is -2.08. The first-order valence-electron chi connectivity index (χ1n) is 6.06. The zero-order valence-corrected chi connectivity index (χ0v) is 10.6. The SMILES string of the molecule is COc1ccc2ccnc(NCc3ccco3)c2c1. The van der Waals surface area contributed by atoms with Gasteiger partial charge in [-0.05, 0) is 35.7 Å². The number of rotatable bonds is 4. The van der Waals surface area contributed by atoms with E-state index in [0.29, 0.717) is 6.54 Å². The van der Waals surface area contributed by atoms with E-state index < -0.39 is 0 Å². The van der Waals surface area contributed by atoms with Crippen molar-refractivity contribution >= 4 is 16.6 Å². The van der Waals surface area contributed by atoms with Crippen molar-refractivity contribution in [3.8, 4) is 5.75 Å². The van der Waals surface area contributed by atoms with Crippen molar-refractivity contribution in [2.45, 2.75) is 6.54 Å². The molecule has 4 heteroatoms. The van der Waals surface area contributed by atoms with Crippen molar-refractivity contribution in [3.63, 3.8) is 0 Å². The second-order valence-electron chi connectivity index (χ2n) is 4.18. The van der Waals surface area contributed by atoms with E-state index in [1.54, 1.807) is 19.6 Å². The maximum Gasteiger partial charge on any atom is 0.134 e. The number of aromatic nitrogens is 1. The highest BCUT2D eigenvalue weighted by atomic mass is 16.5. The minimum Gasteiger partial charge on any atom is -0.497 e. The van der Waals surface area contributed by atoms with Crippen LogP contribution in [0.5, 0.6) is 5.75 Å². The van der Waals surface area contributed by atoms with Crippen LogP contribution in [-0.4, -0.2) is 12.1 Å². The molecule has 1 aromatic carbocycles. The van der Waals surface area contributed by atoms with E-state index in [2.05, 4.69) is 10.3 Å². The van der Waals surface area contributed by atoms with Gasteiger partial charge in [-0.2, -0.15) is 0 Å². The number of hydrogen-bond donors (Lipinski definition) is 1. The van der Waals surface area contributed by atoms with Crippen molar-refractivity contribution in [3.05, 3.63) is 54.6 Å². The third-order valence-electron chi connectivity index (χ3n) is 2.98. The average molecular weight is 254 g/mol. The lowest BCUT2D eigenvalue weighted by atomic mass is 10.1. The Bertz CT molecular complexity index is 678. The number of pyridine rings is 1. The molecule has 2 heterocycles. The number of nitrogens with one attached hydrogen (secondary N) is 1. The van der Waals surface area contributed by atoms with Crippen LogP contribution in [0.2, 0.25) is 0 Å². The molecule has 1 N–H and O–H groups in total. The van der Waals surface area contributed by atoms with Crippen molar-refractivity contribution in [2.24, 2.45) is 0 Å². The Morgan fingerprint density at radius 2 is 2.21 bits per heavy atom. The van der Waals surface area contributed by atoms with Gasteiger partial charge >= 0.3 is 0 Å². The minimum atomic E-state index is 0.607. The Hall–Kier alpha value is -2.49. The van der Waals surface area contributed by atoms with Gasteiger partial charge in [0.15, 0.2) is 0 Å². The molecular formula is C15H14N2O2. The molecule has 0 aliphatic carbocycles. The normalized spacial score (nSPS) is 10.6. The van der Waals surface area contributed by atoms with Gasteiger partial charge < -0.3 is 14.5 Å². The molecule has 0 fully saturated rings. The number of hydrogen-bond acceptors (Lipinski definition) is 4. The molecule has 96 valence electrons. The third kappa shape index (κ3) is 2.38. The van der Waals surface area contributed by atoms with Crippen molar-refractivity contribution in [2.75, 3.05) is 12.4 Å². The first-order valence-corrected chi connectivity index (χ1v) is 6.06. The molecule has 0 spiro atoms. The van der Waals surface area contributed by atoms with Gasteiger partial charge in [0, 0.05) is 11.6 Å². The van der Waals surface area contributed by atoms with Crippen LogP contribution in [0.1, 0.15) is 5.76 Å². The van der Waals surface area contributed by atoms with E-state index in [4.69, 9.17) is 9.15 Å². The maximum atomic E-state index is 5.30. The average Bonchev–Trinajstić information content (AvgIpc) is 2.97. The predicted octanol–water partition coefficient (Wildman–Crippen LogP) is 3.45. The van der Waals surface area contributed by atoms with Gasteiger partial charge in [-0.15, -0.1) is 0 Å². The summed E-state index contributed by atoms with van der Waals surface area (Å²) >= 11 is 0. The highest BCUT2D eigenvalue weighted by molar-refractivity contribution is 5.92. The smallest absolute Gasteiger partial charge is 0.134 e. The second kappa shape index (κ2) is 5.02. The summed E-state index contributed by atoms with van der Waals surface area (Å²) in [5.74, 6) is 2.52. The Balaban J connectivity index is 1.93. The van der Waals surface area contributed by atoms with E-state index >= 15 is 0 Å². The highest BCUT2D eigenvalue weighted by Crippen LogP contribution is 2.25. The number of anilines is 1. The molecule has 0 saturated heterocycles. The zero-order valence-electron chi connectivity index (χ0n) is 10.6. The van der Waals surface area contributed by atoms with E-state index in [0.717, 1.165) is 28.1 Å². The van der Waals surface area contributed by atoms with Gasteiger partial charge in [0.1, 0.15) is 17.3 Å². The third-order valence-corrected chi connectivity index (χ3v) is 2.98. The number of fused-ring (bicyclic) bond motifs is 1. The monoisotopic (exact) mass is 254 g/mol. The molecule has 0 atom stereocenters. The van der Waals surface area contributed by atoms with Crippen molar-refractivity contribution in [1.82, 2.24) is 4.98 Å². The summed E-state index contributed by atoms with van der Waals surface area (Å²) in [6, 6.07) is 11.7. The molecule has 0 unspecified atom stereocenters. The lowest BCUT2D eigenvalue weighted by Crippen LogP contribution is -2.01. The summed E-state index contributed by atoms with van der Waals surface area (Å²) in [6.07, 6.45) is 3.45. The topological polar surface area (TPSA) is 47.3 Å². The zero-order chi connectivity index (χ0) is 13.1. The fourth-order valence-electron chi connectivity index (χ4n) is 2.00. The molecule has 0 radical (unpaired) electrons. The fourth-order valence-corrected chi connectivity index (χ4v) is 2.00. The summed E-state index contributed by atoms with van der Waals surface area (Å²) in [7, 11) is 1.66. The lowest BCUT2D eigenvalue weighted by molar-refractivity contribution is 0.415. The molecule has 4 nitrogen and oxygen atoms in total. The van der Waals surface area contributed by atoms with Crippen molar-refractivity contribution < 1.29 is 9.15 Å². The van der Waals surface area contributed by atoms with Gasteiger partial charge in [0.25, 0.3) is 0 Å². The first-order chi connectivity index (χ1) is 9.36. The minimum absolute atomic E-state index is 0.607. The van der Waals surface area contributed by atoms with Crippen LogP contribution in [0.25, 0.3) is 10.8 Å². The quantitative estimate of drug-likeness (QED) is 0.774. The van der Waals surface area contributed by atoms with Crippen LogP contribution in [0.15, 0.2) is 53.3 Å². The summed E-state index contributed by atoms with van der Waals surface area (Å²) in [4.78, 5) is 4.37. The van der Waals surface area contributed by atoms with E-state index in [1.807, 2.05) is 36.4 Å². The molecule has 0 aliphatic heterocycles. The Kier molecular flexibility index (Phi) is 3.06. The van der Waals surface area contributed by atoms with E-state index in [1.165, 1.54) is 0 Å². The van der Waals surface area contributed by atoms with Crippen molar-refractivity contribution in [1.29, 1.82) is 0 Å². The molecular weight excluding hydrogens is 240 g/mol. The predicted molar refractivity (Wildman–Crippen MR) is 74.3 cm³/mol. The number of benzene rings is 1. The van der Waals surface area contributed by atoms with Gasteiger partial charge in [0.05, 0.1) is 19.9 Å². The van der Waals surface area contributed by atoms with Crippen LogP contribution in [0, 0.1) is 0 Å². The van der Waals surface area contributed by atoms with Crippen LogP contribution in [-0.2, 0) is 6.54 Å². The van der Waals surface area contributed by atoms with Crippen LogP contribution in [0.3, 0.4) is 0 Å². The molecule has 3 rings (SSSR count). The summed E-state index contributed by atoms with van der Waals surface area (Å²) in [5, 5.41) is 5.44. The summed E-state index contributed by atoms with van der Waals surface area (Å²) < 4.78 is 10.6. The van der Waals surface area contributed by atoms with Gasteiger partial charge in [-0.1, -0.05) is 6.07 Å². The number of ether oxygens (including phenoxy) is 1. The molecule has 0 amide bonds. The summed E-state index contributed by atoms with van der Waals surface area (Å²) in [6.45, 7) is 0.607. The van der Waals surface area contributed by atoms with Gasteiger partial charge in [-0.3, -0.25) is 0 Å². The van der Waals surface area contributed by atoms with Gasteiger partial charge in [-0.25, -0.2) is 4.98 Å². The van der Waals surface area contributed by atoms with E-state index in [-0.39, 0.29) is 0 Å². The Morgan fingerprint density at radius 1 is 1.26 bits per heavy atom. The first kappa shape index (κ1) is 11.6. The largest absolute Gasteiger partial charge is 0.497 e. The maximum absolute atomic E-state index is 5.30. The van der Waals surface area contributed by atoms with Crippen LogP contribution < -0.4 is 10.1 Å². The molecule has 2 aromatic heterocycles. The second-order valence-corrected chi connectivity index (χ2v) is 4.18. The van der Waals surface area contributed by atoms with E-state index in [9.17, 15) is 0 Å². The Morgan fingerprint density at radius 3 is 3.00 bits per heavy atom. The Labute approximate surface area is 111 Å². The van der Waals surface area contributed by atoms with Crippen LogP contribution in [0.4, 0.5) is 5.82 Å². The highest BCUT2D eigenvalue weighted by Gasteiger charge is 2.04.